The molecule has 0 fully saturated rings. The van der Waals surface area contributed by atoms with Gasteiger partial charge in [0.15, 0.2) is 5.03 Å². The van der Waals surface area contributed by atoms with Gasteiger partial charge in [-0.1, -0.05) is 26.2 Å². The summed E-state index contributed by atoms with van der Waals surface area (Å²) in [5, 5.41) is 5.70. The molecule has 0 spiro atoms. The van der Waals surface area contributed by atoms with Crippen LogP contribution in [0.5, 0.6) is 0 Å². The van der Waals surface area contributed by atoms with E-state index in [9.17, 15) is 13.2 Å². The predicted octanol–water partition coefficient (Wildman–Crippen LogP) is 1.44. The molecule has 0 radical (unpaired) electrons. The molecule has 0 aliphatic heterocycles. The maximum absolute atomic E-state index is 12.1. The molecule has 7 nitrogen and oxygen atoms in total. The van der Waals surface area contributed by atoms with E-state index in [-0.39, 0.29) is 17.2 Å². The highest BCUT2D eigenvalue weighted by molar-refractivity contribution is 7.89. The number of aromatic amines is 1. The predicted molar refractivity (Wildman–Crippen MR) is 73.9 cm³/mol. The normalized spacial score (nSPS) is 11.5. The van der Waals surface area contributed by atoms with Crippen LogP contribution in [-0.4, -0.2) is 37.7 Å². The monoisotopic (exact) mass is 303 g/mol. The van der Waals surface area contributed by atoms with Gasteiger partial charge in [0.25, 0.3) is 10.0 Å². The number of carbonyl (C=O) groups excluding carboxylic acids is 1. The van der Waals surface area contributed by atoms with Crippen LogP contribution >= 0.6 is 0 Å². The Hall–Kier alpha value is -1.41. The molecule has 0 saturated heterocycles. The van der Waals surface area contributed by atoms with Crippen LogP contribution in [0.1, 0.15) is 49.9 Å². The van der Waals surface area contributed by atoms with Crippen molar-refractivity contribution in [1.29, 1.82) is 0 Å². The second-order valence-electron chi connectivity index (χ2n) is 4.29. The molecule has 0 aromatic carbocycles. The molecule has 0 aliphatic rings. The number of ether oxygens (including phenoxy) is 1. The first kappa shape index (κ1) is 16.6. The van der Waals surface area contributed by atoms with Gasteiger partial charge in [-0.05, 0) is 13.3 Å². The van der Waals surface area contributed by atoms with E-state index in [2.05, 4.69) is 21.8 Å². The van der Waals surface area contributed by atoms with Gasteiger partial charge >= 0.3 is 5.97 Å². The van der Waals surface area contributed by atoms with Gasteiger partial charge in [0.05, 0.1) is 12.8 Å². The molecule has 2 N–H and O–H groups in total. The van der Waals surface area contributed by atoms with Gasteiger partial charge in [0, 0.05) is 6.54 Å². The van der Waals surface area contributed by atoms with Gasteiger partial charge in [0.1, 0.15) is 5.56 Å². The van der Waals surface area contributed by atoms with E-state index < -0.39 is 16.0 Å². The van der Waals surface area contributed by atoms with E-state index in [4.69, 9.17) is 4.74 Å². The minimum Gasteiger partial charge on any atom is -0.462 e. The Kier molecular flexibility index (Phi) is 6.66. The molecule has 1 rings (SSSR count). The van der Waals surface area contributed by atoms with Gasteiger partial charge < -0.3 is 4.74 Å². The third-order valence-electron chi connectivity index (χ3n) is 2.69. The minimum atomic E-state index is -3.77. The van der Waals surface area contributed by atoms with Crippen molar-refractivity contribution in [3.63, 3.8) is 0 Å². The summed E-state index contributed by atoms with van der Waals surface area (Å²) in [6.45, 7) is 4.25. The second kappa shape index (κ2) is 8.01. The Bertz CT molecular complexity index is 525. The van der Waals surface area contributed by atoms with Crippen LogP contribution in [0.15, 0.2) is 11.2 Å². The Balaban J connectivity index is 2.68. The number of sulfonamides is 1. The first-order valence-corrected chi connectivity index (χ1v) is 8.21. The second-order valence-corrected chi connectivity index (χ2v) is 6.00. The molecule has 8 heteroatoms. The van der Waals surface area contributed by atoms with Crippen LogP contribution in [0.25, 0.3) is 0 Å². The number of hydrogen-bond donors (Lipinski definition) is 2. The lowest BCUT2D eigenvalue weighted by atomic mass is 10.2. The Morgan fingerprint density at radius 1 is 1.35 bits per heavy atom. The molecule has 1 aromatic heterocycles. The van der Waals surface area contributed by atoms with E-state index >= 15 is 0 Å². The number of nitrogens with one attached hydrogen (secondary N) is 2. The number of unbranched alkanes of at least 4 members (excludes halogenated alkanes) is 3. The fourth-order valence-electron chi connectivity index (χ4n) is 1.66. The standard InChI is InChI=1S/C12H21N3O4S/c1-3-5-6-7-8-14-20(17,18)11-10(9-13-15-11)12(16)19-4-2/h9,14H,3-8H2,1-2H3,(H,13,15). The summed E-state index contributed by atoms with van der Waals surface area (Å²) in [4.78, 5) is 11.6. The van der Waals surface area contributed by atoms with Crippen LogP contribution in [0.4, 0.5) is 0 Å². The van der Waals surface area contributed by atoms with Crippen molar-refractivity contribution in [2.24, 2.45) is 0 Å². The number of nitrogens with zero attached hydrogens (tertiary/aromatic N) is 1. The quantitative estimate of drug-likeness (QED) is 0.531. The van der Waals surface area contributed by atoms with Crippen LogP contribution in [0, 0.1) is 0 Å². The Morgan fingerprint density at radius 2 is 2.10 bits per heavy atom. The molecule has 0 amide bonds. The zero-order valence-corrected chi connectivity index (χ0v) is 12.6. The zero-order chi connectivity index (χ0) is 15.0. The molecule has 1 aromatic rings. The van der Waals surface area contributed by atoms with E-state index in [1.54, 1.807) is 6.92 Å². The highest BCUT2D eigenvalue weighted by Crippen LogP contribution is 2.13. The highest BCUT2D eigenvalue weighted by Gasteiger charge is 2.25. The summed E-state index contributed by atoms with van der Waals surface area (Å²) in [7, 11) is -3.77. The minimum absolute atomic E-state index is 0.0760. The van der Waals surface area contributed by atoms with Crippen LogP contribution < -0.4 is 4.72 Å². The molecule has 0 unspecified atom stereocenters. The summed E-state index contributed by atoms with van der Waals surface area (Å²) in [5.74, 6) is -0.701. The van der Waals surface area contributed by atoms with Crippen LogP contribution in [0.2, 0.25) is 0 Å². The number of rotatable bonds is 9. The van der Waals surface area contributed by atoms with Gasteiger partial charge in [0.2, 0.25) is 0 Å². The molecule has 1 heterocycles. The fraction of sp³-hybridized carbons (Fsp3) is 0.667. The summed E-state index contributed by atoms with van der Waals surface area (Å²) in [6, 6.07) is 0. The lowest BCUT2D eigenvalue weighted by molar-refractivity contribution is 0.0522. The molecule has 114 valence electrons. The van der Waals surface area contributed by atoms with Gasteiger partial charge in [-0.2, -0.15) is 5.10 Å². The van der Waals surface area contributed by atoms with Crippen molar-refractivity contribution < 1.29 is 17.9 Å². The van der Waals surface area contributed by atoms with Gasteiger partial charge in [-0.15, -0.1) is 0 Å². The summed E-state index contributed by atoms with van der Waals surface area (Å²) >= 11 is 0. The van der Waals surface area contributed by atoms with Crippen molar-refractivity contribution in [2.45, 2.75) is 44.6 Å². The topological polar surface area (TPSA) is 101 Å². The van der Waals surface area contributed by atoms with E-state index in [1.807, 2.05) is 0 Å². The smallest absolute Gasteiger partial charge is 0.342 e. The average molecular weight is 303 g/mol. The number of hydrogen-bond acceptors (Lipinski definition) is 5. The summed E-state index contributed by atoms with van der Waals surface area (Å²) < 4.78 is 31.4. The molecule has 0 saturated carbocycles. The van der Waals surface area contributed by atoms with Crippen molar-refractivity contribution >= 4 is 16.0 Å². The molecule has 0 aliphatic carbocycles. The molecular weight excluding hydrogens is 282 g/mol. The van der Waals surface area contributed by atoms with Crippen molar-refractivity contribution in [3.05, 3.63) is 11.8 Å². The number of H-pyrrole nitrogens is 1. The average Bonchev–Trinajstić information content (AvgIpc) is 2.89. The largest absolute Gasteiger partial charge is 0.462 e. The van der Waals surface area contributed by atoms with Crippen molar-refractivity contribution in [1.82, 2.24) is 14.9 Å². The SMILES string of the molecule is CCCCCCNS(=O)(=O)c1[nH]ncc1C(=O)OCC. The van der Waals surface area contributed by atoms with Crippen molar-refractivity contribution in [3.8, 4) is 0 Å². The molecule has 20 heavy (non-hydrogen) atoms. The maximum atomic E-state index is 12.1. The fourth-order valence-corrected chi connectivity index (χ4v) is 2.82. The van der Waals surface area contributed by atoms with Gasteiger partial charge in [-0.3, -0.25) is 5.10 Å². The van der Waals surface area contributed by atoms with E-state index in [0.717, 1.165) is 31.9 Å². The molecular formula is C12H21N3O4S. The first-order chi connectivity index (χ1) is 9.53. The lowest BCUT2D eigenvalue weighted by Gasteiger charge is -2.06. The highest BCUT2D eigenvalue weighted by atomic mass is 32.2. The maximum Gasteiger partial charge on any atom is 0.342 e. The number of carbonyl (C=O) groups is 1. The van der Waals surface area contributed by atoms with E-state index in [1.165, 1.54) is 0 Å². The Morgan fingerprint density at radius 3 is 2.75 bits per heavy atom. The molecule has 0 bridgehead atoms. The third kappa shape index (κ3) is 4.61. The Labute approximate surface area is 119 Å². The van der Waals surface area contributed by atoms with Crippen LogP contribution in [0.3, 0.4) is 0 Å². The summed E-state index contributed by atoms with van der Waals surface area (Å²) in [5.41, 5.74) is -0.0760. The van der Waals surface area contributed by atoms with Crippen LogP contribution in [-0.2, 0) is 14.8 Å². The lowest BCUT2D eigenvalue weighted by Crippen LogP contribution is -2.27. The zero-order valence-electron chi connectivity index (χ0n) is 11.8. The van der Waals surface area contributed by atoms with E-state index in [0.29, 0.717) is 6.54 Å². The van der Waals surface area contributed by atoms with Crippen molar-refractivity contribution in [2.75, 3.05) is 13.2 Å². The third-order valence-corrected chi connectivity index (χ3v) is 4.12. The number of esters is 1. The first-order valence-electron chi connectivity index (χ1n) is 6.73. The summed E-state index contributed by atoms with van der Waals surface area (Å²) in [6.07, 6.45) is 5.03. The molecule has 0 atom stereocenters. The van der Waals surface area contributed by atoms with Gasteiger partial charge in [-0.25, -0.2) is 17.9 Å². The number of aromatic nitrogens is 2.